The third kappa shape index (κ3) is 6.49. The summed E-state index contributed by atoms with van der Waals surface area (Å²) in [6.45, 7) is 10.6. The molecule has 1 N–H and O–H groups in total. The molecule has 2 amide bonds. The maximum atomic E-state index is 12.7. The van der Waals surface area contributed by atoms with Crippen LogP contribution in [0.5, 0.6) is 5.75 Å². The van der Waals surface area contributed by atoms with Crippen LogP contribution >= 0.6 is 0 Å². The van der Waals surface area contributed by atoms with E-state index in [1.54, 1.807) is 29.2 Å². The van der Waals surface area contributed by atoms with Gasteiger partial charge in [0.2, 0.25) is 0 Å². The molecular formula is C21H32N2O5. The zero-order valence-corrected chi connectivity index (χ0v) is 17.3. The highest BCUT2D eigenvalue weighted by Crippen LogP contribution is 2.24. The zero-order chi connectivity index (χ0) is 20.6. The molecule has 1 aromatic rings. The van der Waals surface area contributed by atoms with E-state index in [1.165, 1.54) is 0 Å². The smallest absolute Gasteiger partial charge is 0.260 e. The summed E-state index contributed by atoms with van der Waals surface area (Å²) < 4.78 is 16.5. The third-order valence-electron chi connectivity index (χ3n) is 4.58. The lowest BCUT2D eigenvalue weighted by molar-refractivity contribution is -0.140. The Morgan fingerprint density at radius 2 is 1.86 bits per heavy atom. The SMILES string of the molecule is CCO[C@](C)(CC(C)C)C(=O)Nc1ccc(OCC(=O)N2CCOCC2)cc1. The van der Waals surface area contributed by atoms with E-state index in [4.69, 9.17) is 14.2 Å². The molecule has 1 fully saturated rings. The molecule has 0 aliphatic carbocycles. The minimum absolute atomic E-state index is 0.0114. The Kier molecular flexibility index (Phi) is 8.26. The summed E-state index contributed by atoms with van der Waals surface area (Å²) in [5.41, 5.74) is -0.214. The van der Waals surface area contributed by atoms with Crippen LogP contribution in [0.3, 0.4) is 0 Å². The molecule has 0 spiro atoms. The summed E-state index contributed by atoms with van der Waals surface area (Å²) in [6.07, 6.45) is 0.636. The second kappa shape index (κ2) is 10.4. The van der Waals surface area contributed by atoms with E-state index in [0.717, 1.165) is 0 Å². The Labute approximate surface area is 167 Å². The number of anilines is 1. The first-order chi connectivity index (χ1) is 13.3. The average Bonchev–Trinajstić information content (AvgIpc) is 2.67. The van der Waals surface area contributed by atoms with Crippen molar-refractivity contribution in [1.29, 1.82) is 0 Å². The van der Waals surface area contributed by atoms with Crippen molar-refractivity contribution in [3.8, 4) is 5.75 Å². The lowest BCUT2D eigenvalue weighted by Crippen LogP contribution is -2.44. The van der Waals surface area contributed by atoms with Crippen molar-refractivity contribution < 1.29 is 23.8 Å². The van der Waals surface area contributed by atoms with Gasteiger partial charge in [0.1, 0.15) is 11.4 Å². The van der Waals surface area contributed by atoms with E-state index in [2.05, 4.69) is 19.2 Å². The molecule has 7 heteroatoms. The second-order valence-corrected chi connectivity index (χ2v) is 7.52. The maximum Gasteiger partial charge on any atom is 0.260 e. The normalized spacial score (nSPS) is 16.5. The van der Waals surface area contributed by atoms with E-state index >= 15 is 0 Å². The van der Waals surface area contributed by atoms with Crippen LogP contribution in [0.4, 0.5) is 5.69 Å². The quantitative estimate of drug-likeness (QED) is 0.699. The predicted octanol–water partition coefficient (Wildman–Crippen LogP) is 2.70. The molecule has 1 aliphatic heterocycles. The molecule has 0 radical (unpaired) electrons. The molecule has 1 aliphatic rings. The Morgan fingerprint density at radius 1 is 1.21 bits per heavy atom. The number of hydrogen-bond donors (Lipinski definition) is 1. The summed E-state index contributed by atoms with van der Waals surface area (Å²) >= 11 is 0. The van der Waals surface area contributed by atoms with E-state index in [9.17, 15) is 9.59 Å². The van der Waals surface area contributed by atoms with Crippen molar-refractivity contribution >= 4 is 17.5 Å². The van der Waals surface area contributed by atoms with E-state index in [1.807, 2.05) is 13.8 Å². The molecule has 2 rings (SSSR count). The van der Waals surface area contributed by atoms with Gasteiger partial charge in [0.05, 0.1) is 13.2 Å². The number of carbonyl (C=O) groups is 2. The van der Waals surface area contributed by atoms with Gasteiger partial charge in [-0.1, -0.05) is 13.8 Å². The molecule has 1 saturated heterocycles. The highest BCUT2D eigenvalue weighted by atomic mass is 16.5. The first-order valence-electron chi connectivity index (χ1n) is 9.88. The van der Waals surface area contributed by atoms with Gasteiger partial charge in [-0.25, -0.2) is 0 Å². The summed E-state index contributed by atoms with van der Waals surface area (Å²) in [6, 6.07) is 6.99. The van der Waals surface area contributed by atoms with Crippen molar-refractivity contribution in [1.82, 2.24) is 4.90 Å². The Balaban J connectivity index is 1.88. The second-order valence-electron chi connectivity index (χ2n) is 7.52. The van der Waals surface area contributed by atoms with Crippen LogP contribution in [0, 0.1) is 5.92 Å². The van der Waals surface area contributed by atoms with Gasteiger partial charge in [-0.2, -0.15) is 0 Å². The fourth-order valence-electron chi connectivity index (χ4n) is 3.26. The number of ether oxygens (including phenoxy) is 3. The molecule has 1 aromatic carbocycles. The Morgan fingerprint density at radius 3 is 2.43 bits per heavy atom. The molecule has 0 aromatic heterocycles. The van der Waals surface area contributed by atoms with Crippen LogP contribution in [0.1, 0.15) is 34.1 Å². The number of rotatable bonds is 9. The monoisotopic (exact) mass is 392 g/mol. The number of nitrogens with one attached hydrogen (secondary N) is 1. The van der Waals surface area contributed by atoms with Crippen molar-refractivity contribution in [3.05, 3.63) is 24.3 Å². The van der Waals surface area contributed by atoms with Crippen LogP contribution in [0.2, 0.25) is 0 Å². The van der Waals surface area contributed by atoms with Gasteiger partial charge in [-0.15, -0.1) is 0 Å². The number of morpholine rings is 1. The highest BCUT2D eigenvalue weighted by Gasteiger charge is 2.34. The number of hydrogen-bond acceptors (Lipinski definition) is 5. The molecule has 28 heavy (non-hydrogen) atoms. The topological polar surface area (TPSA) is 77.1 Å². The lowest BCUT2D eigenvalue weighted by atomic mass is 9.93. The maximum absolute atomic E-state index is 12.7. The minimum Gasteiger partial charge on any atom is -0.484 e. The van der Waals surface area contributed by atoms with Crippen LogP contribution in [-0.2, 0) is 19.1 Å². The highest BCUT2D eigenvalue weighted by molar-refractivity contribution is 5.97. The lowest BCUT2D eigenvalue weighted by Gasteiger charge is -2.29. The standard InChI is InChI=1S/C21H32N2O5/c1-5-28-21(4,14-16(2)3)20(25)22-17-6-8-18(9-7-17)27-15-19(24)23-10-12-26-13-11-23/h6-9,16H,5,10-15H2,1-4H3,(H,22,25)/t21-/m1/s1. The molecule has 156 valence electrons. The van der Waals surface area contributed by atoms with Crippen molar-refractivity contribution in [2.24, 2.45) is 5.92 Å². The zero-order valence-electron chi connectivity index (χ0n) is 17.3. The fraction of sp³-hybridized carbons (Fsp3) is 0.619. The average molecular weight is 392 g/mol. The molecule has 0 unspecified atom stereocenters. The van der Waals surface area contributed by atoms with Crippen LogP contribution in [0.15, 0.2) is 24.3 Å². The van der Waals surface area contributed by atoms with Gasteiger partial charge in [0, 0.05) is 25.4 Å². The first kappa shape index (κ1) is 22.2. The van der Waals surface area contributed by atoms with Gasteiger partial charge in [-0.3, -0.25) is 9.59 Å². The van der Waals surface area contributed by atoms with Gasteiger partial charge < -0.3 is 24.4 Å². The van der Waals surface area contributed by atoms with E-state index in [-0.39, 0.29) is 18.4 Å². The first-order valence-corrected chi connectivity index (χ1v) is 9.88. The van der Waals surface area contributed by atoms with Gasteiger partial charge in [0.15, 0.2) is 6.61 Å². The summed E-state index contributed by atoms with van der Waals surface area (Å²) in [5, 5.41) is 2.91. The van der Waals surface area contributed by atoms with Crippen LogP contribution in [0.25, 0.3) is 0 Å². The molecule has 0 saturated carbocycles. The largest absolute Gasteiger partial charge is 0.484 e. The summed E-state index contributed by atoms with van der Waals surface area (Å²) in [4.78, 5) is 26.6. The summed E-state index contributed by atoms with van der Waals surface area (Å²) in [7, 11) is 0. The predicted molar refractivity (Wildman–Crippen MR) is 107 cm³/mol. The molecule has 1 atom stereocenters. The van der Waals surface area contributed by atoms with Crippen molar-refractivity contribution in [3.63, 3.8) is 0 Å². The Hall–Kier alpha value is -2.12. The third-order valence-corrected chi connectivity index (χ3v) is 4.58. The number of amides is 2. The van der Waals surface area contributed by atoms with Crippen molar-refractivity contribution in [2.45, 2.75) is 39.7 Å². The number of nitrogens with zero attached hydrogens (tertiary/aromatic N) is 1. The van der Waals surface area contributed by atoms with Crippen LogP contribution in [-0.4, -0.2) is 61.8 Å². The van der Waals surface area contributed by atoms with Gasteiger partial charge >= 0.3 is 0 Å². The van der Waals surface area contributed by atoms with Gasteiger partial charge in [-0.05, 0) is 50.5 Å². The van der Waals surface area contributed by atoms with Crippen molar-refractivity contribution in [2.75, 3.05) is 44.8 Å². The van der Waals surface area contributed by atoms with E-state index in [0.29, 0.717) is 56.7 Å². The Bertz CT molecular complexity index is 641. The molecule has 1 heterocycles. The van der Waals surface area contributed by atoms with Gasteiger partial charge in [0.25, 0.3) is 11.8 Å². The summed E-state index contributed by atoms with van der Waals surface area (Å²) in [5.74, 6) is 0.692. The molecular weight excluding hydrogens is 360 g/mol. The number of benzene rings is 1. The molecule has 0 bridgehead atoms. The van der Waals surface area contributed by atoms with Crippen LogP contribution < -0.4 is 10.1 Å². The number of carbonyl (C=O) groups excluding carboxylic acids is 2. The molecule has 7 nitrogen and oxygen atoms in total. The fourth-order valence-corrected chi connectivity index (χ4v) is 3.26. The van der Waals surface area contributed by atoms with E-state index < -0.39 is 5.60 Å². The minimum atomic E-state index is -0.872.